The van der Waals surface area contributed by atoms with E-state index in [1.807, 2.05) is 18.2 Å². The Labute approximate surface area is 163 Å². The Morgan fingerprint density at radius 1 is 0.893 bits per heavy atom. The SMILES string of the molecule is CC(=O)Nc1cccc(Nc2ccc(C(=O)N3CCN(C(C)=O)CC3)nc2)c1. The number of rotatable bonds is 4. The standard InChI is InChI=1S/C20H23N5O3/c1-14(26)22-16-4-3-5-17(12-16)23-18-6-7-19(21-13-18)20(28)25-10-8-24(9-11-25)15(2)27/h3-7,12-13,23H,8-11H2,1-2H3,(H,22,26). The van der Waals surface area contributed by atoms with Crippen LogP contribution in [0.4, 0.5) is 17.1 Å². The lowest BCUT2D eigenvalue weighted by molar-refractivity contribution is -0.130. The summed E-state index contributed by atoms with van der Waals surface area (Å²) in [7, 11) is 0. The summed E-state index contributed by atoms with van der Waals surface area (Å²) in [6.45, 7) is 5.11. The van der Waals surface area contributed by atoms with Gasteiger partial charge in [-0.15, -0.1) is 0 Å². The fourth-order valence-electron chi connectivity index (χ4n) is 3.03. The average Bonchev–Trinajstić information content (AvgIpc) is 2.68. The van der Waals surface area contributed by atoms with E-state index in [0.717, 1.165) is 11.4 Å². The minimum Gasteiger partial charge on any atom is -0.354 e. The highest BCUT2D eigenvalue weighted by molar-refractivity contribution is 5.93. The molecule has 1 aliphatic heterocycles. The van der Waals surface area contributed by atoms with Gasteiger partial charge in [-0.2, -0.15) is 0 Å². The van der Waals surface area contributed by atoms with Crippen LogP contribution >= 0.6 is 0 Å². The smallest absolute Gasteiger partial charge is 0.272 e. The van der Waals surface area contributed by atoms with E-state index in [0.29, 0.717) is 37.6 Å². The first-order valence-corrected chi connectivity index (χ1v) is 9.08. The van der Waals surface area contributed by atoms with Crippen molar-refractivity contribution in [3.63, 3.8) is 0 Å². The fraction of sp³-hybridized carbons (Fsp3) is 0.300. The third-order valence-electron chi connectivity index (χ3n) is 4.47. The topological polar surface area (TPSA) is 94.6 Å². The van der Waals surface area contributed by atoms with Crippen molar-refractivity contribution >= 4 is 34.8 Å². The van der Waals surface area contributed by atoms with Crippen molar-refractivity contribution in [2.45, 2.75) is 13.8 Å². The predicted octanol–water partition coefficient (Wildman–Crippen LogP) is 2.09. The molecule has 1 fully saturated rings. The molecule has 1 saturated heterocycles. The lowest BCUT2D eigenvalue weighted by Crippen LogP contribution is -2.50. The van der Waals surface area contributed by atoms with Gasteiger partial charge in [0, 0.05) is 51.4 Å². The molecule has 2 aromatic rings. The van der Waals surface area contributed by atoms with Crippen LogP contribution in [0.3, 0.4) is 0 Å². The number of nitrogens with one attached hydrogen (secondary N) is 2. The number of pyridine rings is 1. The van der Waals surface area contributed by atoms with Crippen LogP contribution in [0.1, 0.15) is 24.3 Å². The van der Waals surface area contributed by atoms with Crippen LogP contribution in [0, 0.1) is 0 Å². The van der Waals surface area contributed by atoms with E-state index in [1.165, 1.54) is 13.8 Å². The van der Waals surface area contributed by atoms with E-state index in [9.17, 15) is 14.4 Å². The Bertz CT molecular complexity index is 874. The van der Waals surface area contributed by atoms with Gasteiger partial charge in [0.25, 0.3) is 5.91 Å². The van der Waals surface area contributed by atoms with Crippen LogP contribution in [0.2, 0.25) is 0 Å². The number of hydrogen-bond donors (Lipinski definition) is 2. The lowest BCUT2D eigenvalue weighted by Gasteiger charge is -2.34. The van der Waals surface area contributed by atoms with E-state index in [1.54, 1.807) is 34.2 Å². The van der Waals surface area contributed by atoms with Crippen LogP contribution in [-0.4, -0.2) is 58.7 Å². The van der Waals surface area contributed by atoms with Crippen molar-refractivity contribution in [2.24, 2.45) is 0 Å². The number of amides is 3. The summed E-state index contributed by atoms with van der Waals surface area (Å²) < 4.78 is 0. The molecule has 0 radical (unpaired) electrons. The molecular formula is C20H23N5O3. The molecule has 2 heterocycles. The average molecular weight is 381 g/mol. The number of carbonyl (C=O) groups excluding carboxylic acids is 3. The quantitative estimate of drug-likeness (QED) is 0.846. The molecule has 0 aliphatic carbocycles. The largest absolute Gasteiger partial charge is 0.354 e. The monoisotopic (exact) mass is 381 g/mol. The Kier molecular flexibility index (Phi) is 5.88. The summed E-state index contributed by atoms with van der Waals surface area (Å²) in [6, 6.07) is 10.8. The Morgan fingerprint density at radius 3 is 2.18 bits per heavy atom. The fourth-order valence-corrected chi connectivity index (χ4v) is 3.03. The first-order valence-electron chi connectivity index (χ1n) is 9.08. The molecule has 2 N–H and O–H groups in total. The van der Waals surface area contributed by atoms with E-state index in [4.69, 9.17) is 0 Å². The van der Waals surface area contributed by atoms with Gasteiger partial charge in [-0.3, -0.25) is 14.4 Å². The van der Waals surface area contributed by atoms with E-state index < -0.39 is 0 Å². The van der Waals surface area contributed by atoms with Gasteiger partial charge in [0.1, 0.15) is 5.69 Å². The minimum atomic E-state index is -0.137. The second-order valence-electron chi connectivity index (χ2n) is 6.62. The molecule has 0 atom stereocenters. The molecule has 3 rings (SSSR count). The molecule has 0 unspecified atom stereocenters. The van der Waals surface area contributed by atoms with Crippen LogP contribution < -0.4 is 10.6 Å². The third kappa shape index (κ3) is 4.85. The van der Waals surface area contributed by atoms with Gasteiger partial charge in [-0.25, -0.2) is 4.98 Å². The van der Waals surface area contributed by atoms with Gasteiger partial charge in [0.15, 0.2) is 0 Å². The molecule has 0 bridgehead atoms. The van der Waals surface area contributed by atoms with Crippen LogP contribution in [-0.2, 0) is 9.59 Å². The summed E-state index contributed by atoms with van der Waals surface area (Å²) >= 11 is 0. The van der Waals surface area contributed by atoms with Crippen LogP contribution in [0.25, 0.3) is 0 Å². The highest BCUT2D eigenvalue weighted by atomic mass is 16.2. The number of anilines is 3. The summed E-state index contributed by atoms with van der Waals surface area (Å²) in [5.74, 6) is -0.239. The molecule has 3 amide bonds. The van der Waals surface area contributed by atoms with Gasteiger partial charge in [0.2, 0.25) is 11.8 Å². The minimum absolute atomic E-state index is 0.0308. The van der Waals surface area contributed by atoms with Crippen LogP contribution in [0.5, 0.6) is 0 Å². The van der Waals surface area contributed by atoms with E-state index >= 15 is 0 Å². The zero-order valence-corrected chi connectivity index (χ0v) is 15.9. The van der Waals surface area contributed by atoms with Crippen LogP contribution in [0.15, 0.2) is 42.6 Å². The number of piperazine rings is 1. The maximum atomic E-state index is 12.6. The highest BCUT2D eigenvalue weighted by Gasteiger charge is 2.23. The summed E-state index contributed by atoms with van der Waals surface area (Å²) in [5, 5.41) is 5.93. The maximum absolute atomic E-state index is 12.6. The first-order chi connectivity index (χ1) is 13.4. The molecule has 1 aromatic heterocycles. The molecular weight excluding hydrogens is 358 g/mol. The first kappa shape index (κ1) is 19.3. The summed E-state index contributed by atoms with van der Waals surface area (Å²) in [4.78, 5) is 42.9. The van der Waals surface area contributed by atoms with Crippen molar-refractivity contribution in [3.05, 3.63) is 48.3 Å². The molecule has 8 heteroatoms. The maximum Gasteiger partial charge on any atom is 0.272 e. The van der Waals surface area contributed by atoms with Crippen molar-refractivity contribution in [1.29, 1.82) is 0 Å². The molecule has 0 spiro atoms. The molecule has 28 heavy (non-hydrogen) atoms. The second-order valence-corrected chi connectivity index (χ2v) is 6.62. The highest BCUT2D eigenvalue weighted by Crippen LogP contribution is 2.20. The van der Waals surface area contributed by atoms with E-state index in [2.05, 4.69) is 15.6 Å². The van der Waals surface area contributed by atoms with Crippen molar-refractivity contribution in [3.8, 4) is 0 Å². The van der Waals surface area contributed by atoms with Gasteiger partial charge < -0.3 is 20.4 Å². The summed E-state index contributed by atoms with van der Waals surface area (Å²) in [6.07, 6.45) is 1.60. The molecule has 1 aliphatic rings. The molecule has 0 saturated carbocycles. The molecule has 1 aromatic carbocycles. The van der Waals surface area contributed by atoms with Gasteiger partial charge in [0.05, 0.1) is 11.9 Å². The van der Waals surface area contributed by atoms with Crippen molar-refractivity contribution in [1.82, 2.24) is 14.8 Å². The number of hydrogen-bond acceptors (Lipinski definition) is 5. The third-order valence-corrected chi connectivity index (χ3v) is 4.47. The van der Waals surface area contributed by atoms with Crippen molar-refractivity contribution in [2.75, 3.05) is 36.8 Å². The second kappa shape index (κ2) is 8.51. The molecule has 146 valence electrons. The Balaban J connectivity index is 1.61. The van der Waals surface area contributed by atoms with Gasteiger partial charge >= 0.3 is 0 Å². The van der Waals surface area contributed by atoms with Crippen molar-refractivity contribution < 1.29 is 14.4 Å². The van der Waals surface area contributed by atoms with Gasteiger partial charge in [-0.1, -0.05) is 6.07 Å². The zero-order chi connectivity index (χ0) is 20.1. The number of carbonyl (C=O) groups is 3. The van der Waals surface area contributed by atoms with Gasteiger partial charge in [-0.05, 0) is 30.3 Å². The van der Waals surface area contributed by atoms with E-state index in [-0.39, 0.29) is 17.7 Å². The number of aromatic nitrogens is 1. The number of benzene rings is 1. The summed E-state index contributed by atoms with van der Waals surface area (Å²) in [5.41, 5.74) is 2.60. The predicted molar refractivity (Wildman–Crippen MR) is 106 cm³/mol. The lowest BCUT2D eigenvalue weighted by atomic mass is 10.2. The molecule has 8 nitrogen and oxygen atoms in total. The number of nitrogens with zero attached hydrogens (tertiary/aromatic N) is 3. The normalized spacial score (nSPS) is 13.8. The zero-order valence-electron chi connectivity index (χ0n) is 15.9. The Morgan fingerprint density at radius 2 is 1.57 bits per heavy atom. The Hall–Kier alpha value is -3.42.